The fourth-order valence-corrected chi connectivity index (χ4v) is 7.20. The predicted molar refractivity (Wildman–Crippen MR) is 212 cm³/mol. The molecule has 15 heteroatoms. The average Bonchev–Trinajstić information content (AvgIpc) is 3.90. The van der Waals surface area contributed by atoms with Crippen molar-refractivity contribution < 1.29 is 14.4 Å². The minimum absolute atomic E-state index is 0.290. The van der Waals surface area contributed by atoms with Crippen LogP contribution in [0.1, 0.15) is 87.3 Å². The standard InChI is InChI=1S/C39H50N12O3/c1-7-50-35(29(26(3)46-50)14-9-8-10-21-51-28(24-52)22-25(2)45-51)37(54)44-39-42-30-23-27(36(40)53)17-18-31(30)48(39)19-11-12-20-49-33-16-13-15-32(47(5)6)34(33)43-38(49)41-4/h13,15-18,22-24H,7-12,14,19-21H2,1-6H3,(H2,40,53)(H,41,43)(H,42,44,54). The van der Waals surface area contributed by atoms with Crippen LogP contribution in [0, 0.1) is 13.8 Å². The number of aryl methyl sites for hydroxylation is 6. The predicted octanol–water partition coefficient (Wildman–Crippen LogP) is 5.58. The Hall–Kier alpha value is -5.99. The topological polar surface area (TPSA) is 176 Å². The number of para-hydroxylation sites is 1. The first-order valence-corrected chi connectivity index (χ1v) is 18.6. The van der Waals surface area contributed by atoms with Gasteiger partial charge in [-0.25, -0.2) is 9.97 Å². The van der Waals surface area contributed by atoms with Crippen LogP contribution in [-0.4, -0.2) is 77.9 Å². The summed E-state index contributed by atoms with van der Waals surface area (Å²) in [7, 11) is 5.91. The Bertz CT molecular complexity index is 2310. The van der Waals surface area contributed by atoms with Gasteiger partial charge in [0, 0.05) is 58.4 Å². The van der Waals surface area contributed by atoms with Crippen molar-refractivity contribution in [2.45, 2.75) is 85.5 Å². The Morgan fingerprint density at radius 3 is 2.30 bits per heavy atom. The molecule has 0 atom stereocenters. The quantitative estimate of drug-likeness (QED) is 0.0752. The number of carbonyl (C=O) groups is 3. The summed E-state index contributed by atoms with van der Waals surface area (Å²) >= 11 is 0. The van der Waals surface area contributed by atoms with E-state index in [1.807, 2.05) is 52.5 Å². The summed E-state index contributed by atoms with van der Waals surface area (Å²) in [6.45, 7) is 8.28. The van der Waals surface area contributed by atoms with Crippen molar-refractivity contribution in [3.05, 3.63) is 76.4 Å². The van der Waals surface area contributed by atoms with Crippen molar-refractivity contribution in [1.29, 1.82) is 0 Å². The third-order valence-corrected chi connectivity index (χ3v) is 9.85. The molecular weight excluding hydrogens is 685 g/mol. The smallest absolute Gasteiger partial charge is 0.276 e. The molecule has 4 heterocycles. The molecule has 0 fully saturated rings. The molecule has 0 bridgehead atoms. The number of carbonyl (C=O) groups excluding carboxylic acids is 3. The SMILES string of the molecule is CCn1nc(C)c(CCCCCn2nc(C)cc2C=O)c1C(=O)Nc1nc2cc(C(N)=O)ccc2n1CCCCn1c(NC)nc2c(N(C)C)cccc21. The lowest BCUT2D eigenvalue weighted by Crippen LogP contribution is -2.21. The average molecular weight is 735 g/mol. The summed E-state index contributed by atoms with van der Waals surface area (Å²) in [5, 5.41) is 15.5. The van der Waals surface area contributed by atoms with Gasteiger partial charge in [-0.3, -0.25) is 29.1 Å². The number of nitrogens with two attached hydrogens (primary N) is 1. The molecule has 6 rings (SSSR count). The number of unbranched alkanes of at least 4 members (excludes halogenated alkanes) is 3. The molecule has 15 nitrogen and oxygen atoms in total. The fourth-order valence-electron chi connectivity index (χ4n) is 7.20. The number of amides is 2. The Kier molecular flexibility index (Phi) is 11.4. The monoisotopic (exact) mass is 734 g/mol. The van der Waals surface area contributed by atoms with Gasteiger partial charge in [0.2, 0.25) is 17.8 Å². The van der Waals surface area contributed by atoms with E-state index in [2.05, 4.69) is 43.4 Å². The van der Waals surface area contributed by atoms with Crippen molar-refractivity contribution in [2.24, 2.45) is 5.73 Å². The maximum absolute atomic E-state index is 14.2. The van der Waals surface area contributed by atoms with Crippen LogP contribution in [-0.2, 0) is 32.6 Å². The van der Waals surface area contributed by atoms with E-state index >= 15 is 0 Å². The number of aldehydes is 1. The lowest BCUT2D eigenvalue weighted by atomic mass is 10.0. The Balaban J connectivity index is 1.19. The highest BCUT2D eigenvalue weighted by Gasteiger charge is 2.24. The summed E-state index contributed by atoms with van der Waals surface area (Å²) in [5.41, 5.74) is 14.0. The maximum Gasteiger partial charge on any atom is 0.276 e. The first kappa shape index (κ1) is 37.8. The van der Waals surface area contributed by atoms with Gasteiger partial charge in [-0.05, 0) is 89.3 Å². The Morgan fingerprint density at radius 1 is 0.870 bits per heavy atom. The number of anilines is 3. The number of aromatic nitrogens is 8. The van der Waals surface area contributed by atoms with Crippen molar-refractivity contribution in [1.82, 2.24) is 38.7 Å². The molecule has 54 heavy (non-hydrogen) atoms. The van der Waals surface area contributed by atoms with Crippen LogP contribution in [0.15, 0.2) is 42.5 Å². The van der Waals surface area contributed by atoms with Crippen molar-refractivity contribution in [3.63, 3.8) is 0 Å². The molecule has 0 unspecified atom stereocenters. The Morgan fingerprint density at radius 2 is 1.61 bits per heavy atom. The van der Waals surface area contributed by atoms with Gasteiger partial charge < -0.3 is 25.1 Å². The van der Waals surface area contributed by atoms with Gasteiger partial charge in [0.1, 0.15) is 16.9 Å². The minimum Gasteiger partial charge on any atom is -0.376 e. The molecule has 0 aliphatic heterocycles. The maximum atomic E-state index is 14.2. The van der Waals surface area contributed by atoms with Gasteiger partial charge in [0.05, 0.1) is 33.6 Å². The molecule has 2 amide bonds. The van der Waals surface area contributed by atoms with Gasteiger partial charge in [-0.2, -0.15) is 10.2 Å². The van der Waals surface area contributed by atoms with Crippen molar-refractivity contribution in [3.8, 4) is 0 Å². The molecule has 2 aromatic carbocycles. The van der Waals surface area contributed by atoms with Crippen LogP contribution < -0.4 is 21.3 Å². The van der Waals surface area contributed by atoms with E-state index in [1.165, 1.54) is 0 Å². The summed E-state index contributed by atoms with van der Waals surface area (Å²) in [4.78, 5) is 49.3. The number of fused-ring (bicyclic) bond motifs is 2. The zero-order chi connectivity index (χ0) is 38.5. The van der Waals surface area contributed by atoms with Crippen LogP contribution in [0.3, 0.4) is 0 Å². The van der Waals surface area contributed by atoms with Crippen LogP contribution >= 0.6 is 0 Å². The number of rotatable bonds is 18. The van der Waals surface area contributed by atoms with Gasteiger partial charge in [-0.15, -0.1) is 0 Å². The molecule has 0 aliphatic rings. The second-order valence-electron chi connectivity index (χ2n) is 13.8. The van der Waals surface area contributed by atoms with E-state index in [0.717, 1.165) is 90.1 Å². The molecular formula is C39H50N12O3. The van der Waals surface area contributed by atoms with Crippen molar-refractivity contribution in [2.75, 3.05) is 36.7 Å². The largest absolute Gasteiger partial charge is 0.376 e. The summed E-state index contributed by atoms with van der Waals surface area (Å²) in [5.74, 6) is 0.363. The number of nitrogens with zero attached hydrogens (tertiary/aromatic N) is 9. The number of hydrogen-bond acceptors (Lipinski definition) is 9. The second kappa shape index (κ2) is 16.4. The zero-order valence-electron chi connectivity index (χ0n) is 32.0. The number of hydrogen-bond donors (Lipinski definition) is 3. The van der Waals surface area contributed by atoms with E-state index in [9.17, 15) is 14.4 Å². The normalized spacial score (nSPS) is 11.4. The number of nitrogens with one attached hydrogen (secondary N) is 2. The zero-order valence-corrected chi connectivity index (χ0v) is 32.0. The van der Waals surface area contributed by atoms with E-state index < -0.39 is 5.91 Å². The highest BCUT2D eigenvalue weighted by Crippen LogP contribution is 2.29. The van der Waals surface area contributed by atoms with Gasteiger partial charge in [-0.1, -0.05) is 12.5 Å². The molecule has 0 radical (unpaired) electrons. The van der Waals surface area contributed by atoms with E-state index in [0.29, 0.717) is 54.5 Å². The minimum atomic E-state index is -0.543. The first-order valence-electron chi connectivity index (χ1n) is 18.6. The molecule has 0 spiro atoms. The molecule has 284 valence electrons. The van der Waals surface area contributed by atoms with Crippen LogP contribution in [0.25, 0.3) is 22.1 Å². The van der Waals surface area contributed by atoms with Crippen LogP contribution in [0.5, 0.6) is 0 Å². The van der Waals surface area contributed by atoms with E-state index in [4.69, 9.17) is 20.8 Å². The van der Waals surface area contributed by atoms with Gasteiger partial charge >= 0.3 is 0 Å². The molecule has 0 saturated heterocycles. The molecule has 4 N–H and O–H groups in total. The molecule has 0 aliphatic carbocycles. The van der Waals surface area contributed by atoms with Crippen LogP contribution in [0.4, 0.5) is 17.6 Å². The third kappa shape index (κ3) is 7.70. The van der Waals surface area contributed by atoms with Gasteiger partial charge in [0.25, 0.3) is 5.91 Å². The third-order valence-electron chi connectivity index (χ3n) is 9.85. The van der Waals surface area contributed by atoms with E-state index in [-0.39, 0.29) is 5.91 Å². The molecule has 0 saturated carbocycles. The first-order chi connectivity index (χ1) is 26.0. The number of imidazole rings is 2. The van der Waals surface area contributed by atoms with Gasteiger partial charge in [0.15, 0.2) is 6.29 Å². The highest BCUT2D eigenvalue weighted by molar-refractivity contribution is 6.04. The summed E-state index contributed by atoms with van der Waals surface area (Å²) < 4.78 is 7.70. The van der Waals surface area contributed by atoms with Crippen molar-refractivity contribution >= 4 is 57.8 Å². The summed E-state index contributed by atoms with van der Waals surface area (Å²) in [6, 6.07) is 13.2. The second-order valence-corrected chi connectivity index (χ2v) is 13.8. The molecule has 6 aromatic rings. The fraction of sp³-hybridized carbons (Fsp3) is 0.410. The highest BCUT2D eigenvalue weighted by atomic mass is 16.2. The van der Waals surface area contributed by atoms with E-state index in [1.54, 1.807) is 27.6 Å². The summed E-state index contributed by atoms with van der Waals surface area (Å²) in [6.07, 6.45) is 5.73. The number of benzene rings is 2. The lowest BCUT2D eigenvalue weighted by Gasteiger charge is -2.14. The Labute approximate surface area is 314 Å². The lowest BCUT2D eigenvalue weighted by molar-refractivity contribution is 0.0995. The van der Waals surface area contributed by atoms with Crippen LogP contribution in [0.2, 0.25) is 0 Å². The number of primary amides is 1. The molecule has 4 aromatic heterocycles.